The summed E-state index contributed by atoms with van der Waals surface area (Å²) in [6.45, 7) is 6.84. The number of nitrogens with one attached hydrogen (secondary N) is 2. The van der Waals surface area contributed by atoms with Gasteiger partial charge in [-0.3, -0.25) is 9.59 Å². The fourth-order valence-corrected chi connectivity index (χ4v) is 1.63. The van der Waals surface area contributed by atoms with E-state index in [0.717, 1.165) is 0 Å². The van der Waals surface area contributed by atoms with Crippen LogP contribution in [0.5, 0.6) is 0 Å². The first-order valence-electron chi connectivity index (χ1n) is 6.40. The molecule has 0 saturated heterocycles. The fourth-order valence-electron chi connectivity index (χ4n) is 1.63. The zero-order valence-electron chi connectivity index (χ0n) is 12.5. The fraction of sp³-hybridized carbons (Fsp3) is 0.429. The van der Waals surface area contributed by atoms with E-state index in [4.69, 9.17) is 5.11 Å². The second-order valence-electron chi connectivity index (χ2n) is 5.62. The van der Waals surface area contributed by atoms with Crippen LogP contribution in [0.3, 0.4) is 0 Å². The number of carbonyl (C=O) groups is 3. The summed E-state index contributed by atoms with van der Waals surface area (Å²) in [5.41, 5.74) is -0.0212. The number of hydrogen-bond donors (Lipinski definition) is 3. The average molecular weight is 293 g/mol. The van der Waals surface area contributed by atoms with E-state index in [1.54, 1.807) is 0 Å². The van der Waals surface area contributed by atoms with E-state index in [1.807, 2.05) is 20.8 Å². The van der Waals surface area contributed by atoms with Crippen LogP contribution >= 0.6 is 0 Å². The molecule has 0 bridgehead atoms. The zero-order valence-corrected chi connectivity index (χ0v) is 12.5. The first kappa shape index (κ1) is 16.6. The predicted molar refractivity (Wildman–Crippen MR) is 76.2 cm³/mol. The van der Waals surface area contributed by atoms with E-state index < -0.39 is 11.9 Å². The Morgan fingerprint density at radius 3 is 2.33 bits per heavy atom. The smallest absolute Gasteiger partial charge is 0.337 e. The molecule has 3 N–H and O–H groups in total. The molecule has 0 aliphatic heterocycles. The molecule has 0 aliphatic rings. The van der Waals surface area contributed by atoms with Gasteiger partial charge in [-0.2, -0.15) is 0 Å². The van der Waals surface area contributed by atoms with Gasteiger partial charge in [0.2, 0.25) is 5.91 Å². The summed E-state index contributed by atoms with van der Waals surface area (Å²) in [7, 11) is 0. The predicted octanol–water partition coefficient (Wildman–Crippen LogP) is 0.733. The molecule has 0 aromatic carbocycles. The maximum Gasteiger partial charge on any atom is 0.337 e. The molecule has 2 amide bonds. The number of hydrogen-bond acceptors (Lipinski definition) is 4. The van der Waals surface area contributed by atoms with Gasteiger partial charge in [-0.1, -0.05) is 0 Å². The van der Waals surface area contributed by atoms with Crippen LogP contribution in [0.4, 0.5) is 0 Å². The third-order valence-electron chi connectivity index (χ3n) is 2.47. The molecule has 0 aliphatic carbocycles. The van der Waals surface area contributed by atoms with Gasteiger partial charge in [0.05, 0.1) is 17.8 Å². The number of pyridine rings is 1. The van der Waals surface area contributed by atoms with Crippen LogP contribution in [-0.2, 0) is 4.79 Å². The largest absolute Gasteiger partial charge is 0.478 e. The topological polar surface area (TPSA) is 108 Å². The maximum atomic E-state index is 11.8. The van der Waals surface area contributed by atoms with E-state index in [2.05, 4.69) is 15.6 Å². The van der Waals surface area contributed by atoms with Crippen LogP contribution in [-0.4, -0.2) is 40.0 Å². The second-order valence-corrected chi connectivity index (χ2v) is 5.62. The van der Waals surface area contributed by atoms with Crippen LogP contribution < -0.4 is 10.6 Å². The summed E-state index contributed by atoms with van der Waals surface area (Å²) >= 11 is 0. The third kappa shape index (κ3) is 5.21. The Morgan fingerprint density at radius 2 is 1.86 bits per heavy atom. The first-order chi connectivity index (χ1) is 9.60. The number of aromatic nitrogens is 1. The number of nitrogens with zero attached hydrogens (tertiary/aromatic N) is 1. The molecule has 0 spiro atoms. The van der Waals surface area contributed by atoms with Crippen molar-refractivity contribution in [1.82, 2.24) is 15.6 Å². The highest BCUT2D eigenvalue weighted by Crippen LogP contribution is 2.07. The van der Waals surface area contributed by atoms with Crippen molar-refractivity contribution in [3.05, 3.63) is 29.1 Å². The van der Waals surface area contributed by atoms with Gasteiger partial charge in [0.25, 0.3) is 5.91 Å². The van der Waals surface area contributed by atoms with E-state index in [1.165, 1.54) is 19.1 Å². The number of amides is 2. The summed E-state index contributed by atoms with van der Waals surface area (Å²) in [5.74, 6) is -1.94. The molecule has 0 fully saturated rings. The van der Waals surface area contributed by atoms with Crippen molar-refractivity contribution in [2.75, 3.05) is 6.54 Å². The van der Waals surface area contributed by atoms with Crippen LogP contribution in [0.15, 0.2) is 12.1 Å². The summed E-state index contributed by atoms with van der Waals surface area (Å²) in [6.07, 6.45) is 0. The Bertz CT molecular complexity index is 576. The van der Waals surface area contributed by atoms with E-state index in [-0.39, 0.29) is 34.9 Å². The quantitative estimate of drug-likeness (QED) is 0.758. The molecular formula is C14H19N3O4. The second kappa shape index (κ2) is 6.34. The Balaban J connectivity index is 2.67. The Kier molecular flexibility index (Phi) is 5.02. The molecule has 1 aromatic rings. The van der Waals surface area contributed by atoms with Gasteiger partial charge in [-0.05, 0) is 39.8 Å². The monoisotopic (exact) mass is 293 g/mol. The molecule has 7 heteroatoms. The number of rotatable bonds is 4. The molecule has 0 saturated carbocycles. The molecule has 0 radical (unpaired) electrons. The Hall–Kier alpha value is -2.44. The minimum atomic E-state index is -1.10. The minimum Gasteiger partial charge on any atom is -0.478 e. The lowest BCUT2D eigenvalue weighted by Gasteiger charge is -2.20. The maximum absolute atomic E-state index is 11.8. The lowest BCUT2D eigenvalue weighted by atomic mass is 10.1. The van der Waals surface area contributed by atoms with Gasteiger partial charge < -0.3 is 15.7 Å². The number of aromatic carboxylic acids is 1. The zero-order chi connectivity index (χ0) is 16.2. The lowest BCUT2D eigenvalue weighted by molar-refractivity contribution is -0.121. The van der Waals surface area contributed by atoms with Gasteiger partial charge in [0, 0.05) is 5.54 Å². The summed E-state index contributed by atoms with van der Waals surface area (Å²) < 4.78 is 0. The number of carboxylic acids is 1. The van der Waals surface area contributed by atoms with Crippen molar-refractivity contribution in [1.29, 1.82) is 0 Å². The SMILES string of the molecule is Cc1nc(C(=O)NCC(=O)NC(C)(C)C)ccc1C(=O)O. The Morgan fingerprint density at radius 1 is 1.24 bits per heavy atom. The number of carboxylic acid groups (broad SMARTS) is 1. The van der Waals surface area contributed by atoms with E-state index >= 15 is 0 Å². The van der Waals surface area contributed by atoms with Gasteiger partial charge in [-0.25, -0.2) is 9.78 Å². The molecule has 1 rings (SSSR count). The highest BCUT2D eigenvalue weighted by Gasteiger charge is 2.16. The van der Waals surface area contributed by atoms with Crippen molar-refractivity contribution in [2.24, 2.45) is 0 Å². The van der Waals surface area contributed by atoms with Crippen LogP contribution in [0.25, 0.3) is 0 Å². The van der Waals surface area contributed by atoms with Crippen molar-refractivity contribution in [2.45, 2.75) is 33.2 Å². The van der Waals surface area contributed by atoms with Crippen LogP contribution in [0.2, 0.25) is 0 Å². The van der Waals surface area contributed by atoms with E-state index in [9.17, 15) is 14.4 Å². The average Bonchev–Trinajstić information content (AvgIpc) is 2.33. The molecule has 0 atom stereocenters. The van der Waals surface area contributed by atoms with Crippen molar-refractivity contribution < 1.29 is 19.5 Å². The molecule has 1 aromatic heterocycles. The highest BCUT2D eigenvalue weighted by atomic mass is 16.4. The van der Waals surface area contributed by atoms with Crippen LogP contribution in [0.1, 0.15) is 47.3 Å². The number of aryl methyl sites for hydroxylation is 1. The molecular weight excluding hydrogens is 274 g/mol. The first-order valence-corrected chi connectivity index (χ1v) is 6.40. The molecule has 21 heavy (non-hydrogen) atoms. The van der Waals surface area contributed by atoms with Crippen molar-refractivity contribution >= 4 is 17.8 Å². The van der Waals surface area contributed by atoms with E-state index in [0.29, 0.717) is 0 Å². The summed E-state index contributed by atoms with van der Waals surface area (Å²) in [6, 6.07) is 2.63. The van der Waals surface area contributed by atoms with Gasteiger partial charge in [0.1, 0.15) is 5.69 Å². The molecule has 1 heterocycles. The van der Waals surface area contributed by atoms with Gasteiger partial charge >= 0.3 is 5.97 Å². The summed E-state index contributed by atoms with van der Waals surface area (Å²) in [5, 5.41) is 14.0. The highest BCUT2D eigenvalue weighted by molar-refractivity contribution is 5.96. The molecule has 114 valence electrons. The number of carbonyl (C=O) groups excluding carboxylic acids is 2. The summed E-state index contributed by atoms with van der Waals surface area (Å²) in [4.78, 5) is 38.2. The Labute approximate surface area is 122 Å². The normalized spacial score (nSPS) is 10.9. The van der Waals surface area contributed by atoms with Crippen LogP contribution in [0, 0.1) is 6.92 Å². The van der Waals surface area contributed by atoms with Crippen molar-refractivity contribution in [3.63, 3.8) is 0 Å². The van der Waals surface area contributed by atoms with Crippen molar-refractivity contribution in [3.8, 4) is 0 Å². The molecule has 7 nitrogen and oxygen atoms in total. The molecule has 0 unspecified atom stereocenters. The van der Waals surface area contributed by atoms with Gasteiger partial charge in [0.15, 0.2) is 0 Å². The minimum absolute atomic E-state index is 0.0389. The third-order valence-corrected chi connectivity index (χ3v) is 2.47. The standard InChI is InChI=1S/C14H19N3O4/c1-8-9(13(20)21)5-6-10(16-8)12(19)15-7-11(18)17-14(2,3)4/h5-6H,7H2,1-4H3,(H,15,19)(H,17,18)(H,20,21). The lowest BCUT2D eigenvalue weighted by Crippen LogP contribution is -2.45. The van der Waals surface area contributed by atoms with Gasteiger partial charge in [-0.15, -0.1) is 0 Å².